The molecule has 1 aliphatic rings. The molecule has 8 atom stereocenters. The second kappa shape index (κ2) is 40.4. The molecule has 0 aromatic carbocycles. The number of unbranched alkanes of at least 4 members (excludes halogenated alkanes) is 26. The molecular formula is C50H93NO12S. The Morgan fingerprint density at radius 3 is 1.50 bits per heavy atom. The third-order valence-corrected chi connectivity index (χ3v) is 12.5. The Hall–Kier alpha value is -1.72. The van der Waals surface area contributed by atoms with Gasteiger partial charge in [0.15, 0.2) is 6.29 Å². The quantitative estimate of drug-likeness (QED) is 0.0173. The van der Waals surface area contributed by atoms with Crippen LogP contribution in [0.4, 0.5) is 0 Å². The number of rotatable bonds is 43. The largest absolute Gasteiger partial charge is 0.397 e. The van der Waals surface area contributed by atoms with E-state index in [1.165, 1.54) is 141 Å². The van der Waals surface area contributed by atoms with Gasteiger partial charge in [-0.05, 0) is 44.9 Å². The van der Waals surface area contributed by atoms with Crippen LogP contribution >= 0.6 is 0 Å². The second-order valence-electron chi connectivity index (χ2n) is 17.9. The summed E-state index contributed by atoms with van der Waals surface area (Å²) in [5.41, 5.74) is 0. The van der Waals surface area contributed by atoms with Crippen molar-refractivity contribution in [1.29, 1.82) is 0 Å². The van der Waals surface area contributed by atoms with E-state index in [9.17, 15) is 43.3 Å². The standard InChI is InChI=1S/C50H93NO12S/c1-3-5-7-9-11-13-15-17-19-20-21-22-23-25-26-28-30-32-34-36-38-43(53)42(41-61-50-47(56)48(63-64(58,59)60)46(55)45(40-52)62-50)51-49(57)44(54)39-37-35-33-31-29-27-24-18-16-14-12-10-8-6-4-2/h22-23,28,30,36,38,42-48,50,52-56H,3-21,24-27,29,31-35,37,39-41H2,1-2H3,(H,51,57)(H,58,59,60)/b23-22+,30-28+,38-36+. The number of nitrogens with one attached hydrogen (secondary N) is 1. The Morgan fingerprint density at radius 1 is 0.625 bits per heavy atom. The van der Waals surface area contributed by atoms with Gasteiger partial charge in [-0.1, -0.05) is 204 Å². The average Bonchev–Trinajstić information content (AvgIpc) is 3.27. The van der Waals surface area contributed by atoms with Gasteiger partial charge in [-0.2, -0.15) is 8.42 Å². The topological polar surface area (TPSA) is 212 Å². The van der Waals surface area contributed by atoms with Gasteiger partial charge >= 0.3 is 10.4 Å². The van der Waals surface area contributed by atoms with E-state index >= 15 is 0 Å². The Kier molecular flexibility index (Phi) is 38.0. The monoisotopic (exact) mass is 932 g/mol. The minimum Gasteiger partial charge on any atom is -0.394 e. The SMILES string of the molecule is CCCCCCCCCCCC/C=C/CC/C=C/CC/C=C/C(O)C(COC1OC(CO)C(O)C(OS(=O)(=O)O)C1O)NC(=O)C(O)CCCCCCCCCCCCCCCCC. The molecule has 376 valence electrons. The summed E-state index contributed by atoms with van der Waals surface area (Å²) in [6, 6.07) is -1.14. The van der Waals surface area contributed by atoms with Gasteiger partial charge < -0.3 is 40.3 Å². The van der Waals surface area contributed by atoms with Crippen LogP contribution in [0.15, 0.2) is 36.5 Å². The molecule has 0 radical (unpaired) electrons. The summed E-state index contributed by atoms with van der Waals surface area (Å²) in [6.45, 7) is 3.21. The normalized spacial score (nSPS) is 21.0. The number of hydrogen-bond donors (Lipinski definition) is 7. The first-order valence-corrected chi connectivity index (χ1v) is 26.8. The highest BCUT2D eigenvalue weighted by atomic mass is 32.3. The van der Waals surface area contributed by atoms with E-state index in [2.05, 4.69) is 47.7 Å². The molecule has 14 heteroatoms. The van der Waals surface area contributed by atoms with Gasteiger partial charge in [0.25, 0.3) is 0 Å². The summed E-state index contributed by atoms with van der Waals surface area (Å²) in [5.74, 6) is -0.715. The lowest BCUT2D eigenvalue weighted by molar-refractivity contribution is -0.298. The van der Waals surface area contributed by atoms with Crippen molar-refractivity contribution in [2.75, 3.05) is 13.2 Å². The Labute approximate surface area is 388 Å². The number of amides is 1. The minimum atomic E-state index is -5.13. The predicted molar refractivity (Wildman–Crippen MR) is 256 cm³/mol. The maximum absolute atomic E-state index is 13.1. The number of aliphatic hydroxyl groups is 5. The van der Waals surface area contributed by atoms with E-state index in [1.54, 1.807) is 6.08 Å². The van der Waals surface area contributed by atoms with Crippen molar-refractivity contribution >= 4 is 16.3 Å². The van der Waals surface area contributed by atoms with E-state index in [4.69, 9.17) is 9.47 Å². The van der Waals surface area contributed by atoms with Gasteiger partial charge in [0.1, 0.15) is 30.5 Å². The first-order valence-electron chi connectivity index (χ1n) is 25.5. The molecule has 8 unspecified atom stereocenters. The van der Waals surface area contributed by atoms with Crippen LogP contribution in [0.3, 0.4) is 0 Å². The van der Waals surface area contributed by atoms with Crippen LogP contribution in [0, 0.1) is 0 Å². The predicted octanol–water partition coefficient (Wildman–Crippen LogP) is 9.64. The average molecular weight is 932 g/mol. The van der Waals surface area contributed by atoms with Gasteiger partial charge in [-0.15, -0.1) is 0 Å². The lowest BCUT2D eigenvalue weighted by Gasteiger charge is -2.41. The van der Waals surface area contributed by atoms with Crippen molar-refractivity contribution in [3.8, 4) is 0 Å². The van der Waals surface area contributed by atoms with Crippen molar-refractivity contribution < 1.29 is 57.0 Å². The van der Waals surface area contributed by atoms with Gasteiger partial charge in [0, 0.05) is 0 Å². The van der Waals surface area contributed by atoms with Crippen LogP contribution < -0.4 is 5.32 Å². The highest BCUT2D eigenvalue weighted by Crippen LogP contribution is 2.26. The second-order valence-corrected chi connectivity index (χ2v) is 18.9. The number of carbonyl (C=O) groups is 1. The van der Waals surface area contributed by atoms with E-state index in [0.29, 0.717) is 12.8 Å². The Bertz CT molecular complexity index is 1300. The molecule has 0 spiro atoms. The fourth-order valence-electron chi connectivity index (χ4n) is 7.96. The number of ether oxygens (including phenoxy) is 2. The van der Waals surface area contributed by atoms with Crippen molar-refractivity contribution in [2.45, 2.75) is 262 Å². The van der Waals surface area contributed by atoms with E-state index in [1.807, 2.05) is 0 Å². The van der Waals surface area contributed by atoms with E-state index < -0.39 is 78.5 Å². The molecule has 7 N–H and O–H groups in total. The number of aliphatic hydroxyl groups excluding tert-OH is 5. The summed E-state index contributed by atoms with van der Waals surface area (Å²) >= 11 is 0. The summed E-state index contributed by atoms with van der Waals surface area (Å²) < 4.78 is 47.6. The Morgan fingerprint density at radius 2 is 1.05 bits per heavy atom. The zero-order valence-electron chi connectivity index (χ0n) is 40.0. The molecule has 1 heterocycles. The molecule has 1 saturated heterocycles. The summed E-state index contributed by atoms with van der Waals surface area (Å²) in [5, 5.41) is 55.3. The summed E-state index contributed by atoms with van der Waals surface area (Å²) in [6.07, 6.45) is 36.5. The first kappa shape index (κ1) is 60.3. The molecule has 13 nitrogen and oxygen atoms in total. The minimum absolute atomic E-state index is 0.236. The van der Waals surface area contributed by atoms with Crippen LogP contribution in [-0.2, 0) is 28.9 Å². The molecule has 1 fully saturated rings. The molecule has 1 rings (SSSR count). The van der Waals surface area contributed by atoms with Crippen molar-refractivity contribution in [1.82, 2.24) is 5.32 Å². The molecular weight excluding hydrogens is 839 g/mol. The van der Waals surface area contributed by atoms with Crippen molar-refractivity contribution in [3.05, 3.63) is 36.5 Å². The lowest BCUT2D eigenvalue weighted by atomic mass is 9.99. The van der Waals surface area contributed by atoms with E-state index in [0.717, 1.165) is 44.9 Å². The van der Waals surface area contributed by atoms with Gasteiger partial charge in [-0.3, -0.25) is 9.35 Å². The number of carbonyl (C=O) groups excluding carboxylic acids is 1. The fourth-order valence-corrected chi connectivity index (χ4v) is 8.47. The van der Waals surface area contributed by atoms with Crippen molar-refractivity contribution in [3.63, 3.8) is 0 Å². The van der Waals surface area contributed by atoms with E-state index in [-0.39, 0.29) is 6.42 Å². The van der Waals surface area contributed by atoms with Crippen LogP contribution in [0.25, 0.3) is 0 Å². The van der Waals surface area contributed by atoms with Gasteiger partial charge in [0.05, 0.1) is 25.4 Å². The summed E-state index contributed by atoms with van der Waals surface area (Å²) in [7, 11) is -5.13. The highest BCUT2D eigenvalue weighted by Gasteiger charge is 2.48. The summed E-state index contributed by atoms with van der Waals surface area (Å²) in [4.78, 5) is 13.1. The molecule has 1 amide bonds. The van der Waals surface area contributed by atoms with Crippen molar-refractivity contribution in [2.24, 2.45) is 0 Å². The van der Waals surface area contributed by atoms with Gasteiger partial charge in [0.2, 0.25) is 5.91 Å². The van der Waals surface area contributed by atoms with Crippen LogP contribution in [0.2, 0.25) is 0 Å². The maximum Gasteiger partial charge on any atom is 0.397 e. The first-order chi connectivity index (χ1) is 30.9. The molecule has 0 bridgehead atoms. The molecule has 1 aliphatic heterocycles. The van der Waals surface area contributed by atoms with Gasteiger partial charge in [-0.25, -0.2) is 4.18 Å². The number of allylic oxidation sites excluding steroid dienone is 5. The molecule has 0 aromatic rings. The third kappa shape index (κ3) is 32.1. The number of hydrogen-bond acceptors (Lipinski definition) is 11. The van der Waals surface area contributed by atoms with Crippen LogP contribution in [0.5, 0.6) is 0 Å². The molecule has 0 aromatic heterocycles. The van der Waals surface area contributed by atoms with Crippen LogP contribution in [-0.4, -0.2) is 107 Å². The zero-order valence-corrected chi connectivity index (χ0v) is 40.8. The fraction of sp³-hybridized carbons (Fsp3) is 0.860. The smallest absolute Gasteiger partial charge is 0.394 e. The lowest BCUT2D eigenvalue weighted by Crippen LogP contribution is -2.61. The third-order valence-electron chi connectivity index (χ3n) is 12.0. The zero-order chi connectivity index (χ0) is 47.1. The van der Waals surface area contributed by atoms with Crippen LogP contribution in [0.1, 0.15) is 213 Å². The molecule has 64 heavy (non-hydrogen) atoms. The highest BCUT2D eigenvalue weighted by molar-refractivity contribution is 7.80. The maximum atomic E-state index is 13.1. The molecule has 0 saturated carbocycles. The Balaban J connectivity index is 2.57. The molecule has 0 aliphatic carbocycles.